The van der Waals surface area contributed by atoms with Gasteiger partial charge in [0.15, 0.2) is 0 Å². The molecule has 2 bridgehead atoms. The molecule has 2 aliphatic rings. The number of aliphatic hydroxyl groups excluding tert-OH is 1. The molecule has 4 heteroatoms. The lowest BCUT2D eigenvalue weighted by Gasteiger charge is -2.36. The number of aromatic nitrogens is 2. The van der Waals surface area contributed by atoms with Crippen LogP contribution in [-0.2, 0) is 20.0 Å². The van der Waals surface area contributed by atoms with Crippen LogP contribution in [0.5, 0.6) is 0 Å². The fourth-order valence-corrected chi connectivity index (χ4v) is 4.80. The molecular weight excluding hydrogens is 286 g/mol. The normalized spacial score (nSPS) is 30.2. The van der Waals surface area contributed by atoms with Crippen LogP contribution in [0.2, 0.25) is 0 Å². The molecule has 2 fully saturated rings. The van der Waals surface area contributed by atoms with Crippen molar-refractivity contribution in [3.05, 3.63) is 54.1 Å². The van der Waals surface area contributed by atoms with Gasteiger partial charge in [0, 0.05) is 37.3 Å². The molecule has 23 heavy (non-hydrogen) atoms. The van der Waals surface area contributed by atoms with Gasteiger partial charge in [0.05, 0.1) is 18.6 Å². The first kappa shape index (κ1) is 14.9. The second kappa shape index (κ2) is 5.77. The molecule has 0 amide bonds. The van der Waals surface area contributed by atoms with Crippen molar-refractivity contribution < 1.29 is 5.11 Å². The SMILES string of the molecule is Cn1cncc1CN1[C@H]2CC[C@@H]1[C@@](CO)(Cc1ccccc1)C2. The van der Waals surface area contributed by atoms with E-state index in [1.807, 2.05) is 12.5 Å². The third-order valence-electron chi connectivity index (χ3n) is 5.97. The van der Waals surface area contributed by atoms with Crippen molar-refractivity contribution in [2.24, 2.45) is 12.5 Å². The van der Waals surface area contributed by atoms with E-state index in [-0.39, 0.29) is 12.0 Å². The maximum Gasteiger partial charge on any atom is 0.0945 e. The summed E-state index contributed by atoms with van der Waals surface area (Å²) in [7, 11) is 2.06. The van der Waals surface area contributed by atoms with Crippen molar-refractivity contribution in [3.63, 3.8) is 0 Å². The summed E-state index contributed by atoms with van der Waals surface area (Å²) in [5.41, 5.74) is 2.62. The fraction of sp³-hybridized carbons (Fsp3) is 0.526. The average Bonchev–Trinajstić information content (AvgIpc) is 3.24. The molecule has 1 aromatic heterocycles. The molecule has 0 aliphatic carbocycles. The van der Waals surface area contributed by atoms with E-state index in [9.17, 15) is 5.11 Å². The molecule has 3 heterocycles. The first-order valence-corrected chi connectivity index (χ1v) is 8.57. The molecule has 3 atom stereocenters. The quantitative estimate of drug-likeness (QED) is 0.922. The highest BCUT2D eigenvalue weighted by Crippen LogP contribution is 2.51. The van der Waals surface area contributed by atoms with Crippen LogP contribution in [0.3, 0.4) is 0 Å². The van der Waals surface area contributed by atoms with Crippen LogP contribution < -0.4 is 0 Å². The Balaban J connectivity index is 1.57. The van der Waals surface area contributed by atoms with Crippen molar-refractivity contribution in [2.75, 3.05) is 6.61 Å². The molecule has 1 aromatic carbocycles. The first-order chi connectivity index (χ1) is 11.2. The zero-order valence-electron chi connectivity index (χ0n) is 13.7. The maximum absolute atomic E-state index is 10.3. The van der Waals surface area contributed by atoms with Gasteiger partial charge in [-0.05, 0) is 31.2 Å². The minimum absolute atomic E-state index is 0.0167. The molecular formula is C19H25N3O. The predicted molar refractivity (Wildman–Crippen MR) is 89.8 cm³/mol. The summed E-state index contributed by atoms with van der Waals surface area (Å²) in [4.78, 5) is 6.87. The number of hydrogen-bond acceptors (Lipinski definition) is 3. The van der Waals surface area contributed by atoms with Gasteiger partial charge in [-0.2, -0.15) is 0 Å². The van der Waals surface area contributed by atoms with E-state index in [1.54, 1.807) is 0 Å². The van der Waals surface area contributed by atoms with E-state index in [0.717, 1.165) is 19.4 Å². The van der Waals surface area contributed by atoms with Gasteiger partial charge in [-0.25, -0.2) is 4.98 Å². The van der Waals surface area contributed by atoms with E-state index in [4.69, 9.17) is 0 Å². The molecule has 2 aliphatic heterocycles. The summed E-state index contributed by atoms with van der Waals surface area (Å²) in [5.74, 6) is 0. The number of imidazole rings is 1. The molecule has 4 rings (SSSR count). The van der Waals surface area contributed by atoms with Gasteiger partial charge in [-0.15, -0.1) is 0 Å². The zero-order valence-corrected chi connectivity index (χ0v) is 13.7. The molecule has 0 saturated carbocycles. The Labute approximate surface area is 137 Å². The van der Waals surface area contributed by atoms with Gasteiger partial charge in [0.2, 0.25) is 0 Å². The van der Waals surface area contributed by atoms with Gasteiger partial charge in [-0.3, -0.25) is 4.90 Å². The number of aliphatic hydroxyl groups is 1. The number of nitrogens with zero attached hydrogens (tertiary/aromatic N) is 3. The van der Waals surface area contributed by atoms with Crippen LogP contribution in [0.1, 0.15) is 30.5 Å². The average molecular weight is 311 g/mol. The van der Waals surface area contributed by atoms with Crippen LogP contribution in [0.25, 0.3) is 0 Å². The number of benzene rings is 1. The summed E-state index contributed by atoms with van der Waals surface area (Å²) in [5, 5.41) is 10.3. The third kappa shape index (κ3) is 2.50. The minimum Gasteiger partial charge on any atom is -0.396 e. The first-order valence-electron chi connectivity index (χ1n) is 8.57. The third-order valence-corrected chi connectivity index (χ3v) is 5.97. The van der Waals surface area contributed by atoms with Gasteiger partial charge in [-0.1, -0.05) is 30.3 Å². The Morgan fingerprint density at radius 1 is 1.26 bits per heavy atom. The van der Waals surface area contributed by atoms with E-state index >= 15 is 0 Å². The molecule has 122 valence electrons. The van der Waals surface area contributed by atoms with Gasteiger partial charge in [0.1, 0.15) is 0 Å². The van der Waals surface area contributed by atoms with Crippen molar-refractivity contribution in [2.45, 2.75) is 44.3 Å². The Hall–Kier alpha value is -1.65. The van der Waals surface area contributed by atoms with Gasteiger partial charge < -0.3 is 9.67 Å². The maximum atomic E-state index is 10.3. The Bertz CT molecular complexity index is 668. The highest BCUT2D eigenvalue weighted by atomic mass is 16.3. The molecule has 4 nitrogen and oxygen atoms in total. The molecule has 2 saturated heterocycles. The lowest BCUT2D eigenvalue weighted by molar-refractivity contribution is 0.0746. The molecule has 0 radical (unpaired) electrons. The van der Waals surface area contributed by atoms with Crippen molar-refractivity contribution in [1.29, 1.82) is 0 Å². The Morgan fingerprint density at radius 3 is 2.78 bits per heavy atom. The van der Waals surface area contributed by atoms with Gasteiger partial charge in [0.25, 0.3) is 0 Å². The number of fused-ring (bicyclic) bond motifs is 2. The standard InChI is InChI=1S/C19H25N3O/c1-21-14-20-11-17(21)12-22-16-7-8-18(22)19(10-16,13-23)9-15-5-3-2-4-6-15/h2-6,11,14,16,18,23H,7-10,12-13H2,1H3/t16-,18+,19-/m0/s1. The van der Waals surface area contributed by atoms with Crippen LogP contribution in [-0.4, -0.2) is 38.2 Å². The zero-order chi connectivity index (χ0) is 15.9. The smallest absolute Gasteiger partial charge is 0.0945 e. The highest BCUT2D eigenvalue weighted by molar-refractivity contribution is 5.21. The summed E-state index contributed by atoms with van der Waals surface area (Å²) in [6, 6.07) is 11.7. The molecule has 0 spiro atoms. The van der Waals surface area contributed by atoms with E-state index in [0.29, 0.717) is 12.1 Å². The van der Waals surface area contributed by atoms with Crippen LogP contribution in [0.4, 0.5) is 0 Å². The van der Waals surface area contributed by atoms with E-state index in [1.165, 1.54) is 24.1 Å². The molecule has 1 N–H and O–H groups in total. The van der Waals surface area contributed by atoms with E-state index < -0.39 is 0 Å². The summed E-state index contributed by atoms with van der Waals surface area (Å²) in [6.07, 6.45) is 8.40. The van der Waals surface area contributed by atoms with Crippen molar-refractivity contribution in [3.8, 4) is 0 Å². The van der Waals surface area contributed by atoms with Crippen molar-refractivity contribution in [1.82, 2.24) is 14.5 Å². The molecule has 2 aromatic rings. The monoisotopic (exact) mass is 311 g/mol. The molecule has 0 unspecified atom stereocenters. The lowest BCUT2D eigenvalue weighted by atomic mass is 9.70. The van der Waals surface area contributed by atoms with E-state index in [2.05, 4.69) is 51.8 Å². The predicted octanol–water partition coefficient (Wildman–Crippen LogP) is 2.38. The second-order valence-electron chi connectivity index (χ2n) is 7.30. The van der Waals surface area contributed by atoms with Gasteiger partial charge >= 0.3 is 0 Å². The van der Waals surface area contributed by atoms with Crippen LogP contribution in [0, 0.1) is 5.41 Å². The number of rotatable bonds is 5. The second-order valence-corrected chi connectivity index (χ2v) is 7.30. The van der Waals surface area contributed by atoms with Crippen LogP contribution in [0.15, 0.2) is 42.9 Å². The lowest BCUT2D eigenvalue weighted by Crippen LogP contribution is -2.41. The highest BCUT2D eigenvalue weighted by Gasteiger charge is 2.55. The summed E-state index contributed by atoms with van der Waals surface area (Å²) >= 11 is 0. The summed E-state index contributed by atoms with van der Waals surface area (Å²) < 4.78 is 2.11. The number of aryl methyl sites for hydroxylation is 1. The number of hydrogen-bond donors (Lipinski definition) is 1. The fourth-order valence-electron chi connectivity index (χ4n) is 4.80. The topological polar surface area (TPSA) is 41.3 Å². The minimum atomic E-state index is 0.0167. The largest absolute Gasteiger partial charge is 0.396 e. The van der Waals surface area contributed by atoms with Crippen molar-refractivity contribution >= 4 is 0 Å². The summed E-state index contributed by atoms with van der Waals surface area (Å²) in [6.45, 7) is 1.23. The Morgan fingerprint density at radius 2 is 2.09 bits per heavy atom. The van der Waals surface area contributed by atoms with Crippen LogP contribution >= 0.6 is 0 Å². The Kier molecular flexibility index (Phi) is 3.74.